The van der Waals surface area contributed by atoms with Crippen LogP contribution in [-0.2, 0) is 26.1 Å². The van der Waals surface area contributed by atoms with Crippen LogP contribution in [0.2, 0.25) is 0 Å². The number of aromatic nitrogens is 3. The molecule has 1 aliphatic rings. The number of hydrogen-bond donors (Lipinski definition) is 1. The summed E-state index contributed by atoms with van der Waals surface area (Å²) in [6.07, 6.45) is 3.49. The van der Waals surface area contributed by atoms with E-state index in [-0.39, 0.29) is 0 Å². The van der Waals surface area contributed by atoms with Gasteiger partial charge in [0.1, 0.15) is 17.4 Å². The number of nitrogens with zero attached hydrogens (tertiary/aromatic N) is 3. The molecule has 0 spiro atoms. The van der Waals surface area contributed by atoms with Gasteiger partial charge in [-0.3, -0.25) is 0 Å². The Morgan fingerprint density at radius 2 is 2.00 bits per heavy atom. The lowest BCUT2D eigenvalue weighted by atomic mass is 10.0. The summed E-state index contributed by atoms with van der Waals surface area (Å²) >= 11 is 0. The summed E-state index contributed by atoms with van der Waals surface area (Å²) in [4.78, 5) is 0. The highest BCUT2D eigenvalue weighted by Gasteiger charge is 2.15. The average molecular weight is 336 g/mol. The van der Waals surface area contributed by atoms with Crippen molar-refractivity contribution in [2.45, 2.75) is 45.8 Å². The minimum atomic E-state index is 0.670. The third-order valence-electron chi connectivity index (χ3n) is 4.82. The first-order valence-corrected chi connectivity index (χ1v) is 9.12. The van der Waals surface area contributed by atoms with Gasteiger partial charge in [-0.05, 0) is 36.6 Å². The molecule has 0 saturated heterocycles. The van der Waals surface area contributed by atoms with Gasteiger partial charge >= 0.3 is 0 Å². The van der Waals surface area contributed by atoms with Gasteiger partial charge < -0.3 is 14.6 Å². The molecular formula is C20H24N4O. The van der Waals surface area contributed by atoms with E-state index < -0.39 is 0 Å². The normalized spacial score (nSPS) is 13.8. The minimum Gasteiger partial charge on any atom is -0.494 e. The van der Waals surface area contributed by atoms with Crippen molar-refractivity contribution in [2.75, 3.05) is 6.61 Å². The van der Waals surface area contributed by atoms with Crippen LogP contribution < -0.4 is 10.1 Å². The molecule has 0 saturated carbocycles. The molecule has 0 bridgehead atoms. The molecular weight excluding hydrogens is 312 g/mol. The highest BCUT2D eigenvalue weighted by atomic mass is 16.5. The Hall–Kier alpha value is -2.40. The van der Waals surface area contributed by atoms with Crippen molar-refractivity contribution >= 4 is 10.8 Å². The molecule has 3 aromatic rings. The third kappa shape index (κ3) is 3.24. The van der Waals surface area contributed by atoms with Crippen LogP contribution >= 0.6 is 0 Å². The zero-order valence-corrected chi connectivity index (χ0v) is 14.7. The summed E-state index contributed by atoms with van der Waals surface area (Å²) in [5, 5.41) is 14.7. The smallest absolute Gasteiger partial charge is 0.147 e. The molecule has 0 radical (unpaired) electrons. The van der Waals surface area contributed by atoms with Crippen LogP contribution in [0.3, 0.4) is 0 Å². The Labute approximate surface area is 148 Å². The predicted molar refractivity (Wildman–Crippen MR) is 98.6 cm³/mol. The van der Waals surface area contributed by atoms with Crippen molar-refractivity contribution in [1.82, 2.24) is 20.1 Å². The fourth-order valence-corrected chi connectivity index (χ4v) is 3.59. The largest absolute Gasteiger partial charge is 0.494 e. The molecule has 25 heavy (non-hydrogen) atoms. The quantitative estimate of drug-likeness (QED) is 0.749. The van der Waals surface area contributed by atoms with Crippen LogP contribution in [0.5, 0.6) is 5.75 Å². The maximum atomic E-state index is 5.85. The first-order valence-electron chi connectivity index (χ1n) is 9.12. The van der Waals surface area contributed by atoms with Gasteiger partial charge in [0.15, 0.2) is 0 Å². The molecule has 4 rings (SSSR count). The van der Waals surface area contributed by atoms with Gasteiger partial charge in [-0.2, -0.15) is 0 Å². The van der Waals surface area contributed by atoms with Crippen molar-refractivity contribution in [2.24, 2.45) is 0 Å². The molecule has 0 aliphatic carbocycles. The van der Waals surface area contributed by atoms with E-state index in [0.717, 1.165) is 43.5 Å². The lowest BCUT2D eigenvalue weighted by Crippen LogP contribution is -2.20. The van der Waals surface area contributed by atoms with Gasteiger partial charge in [-0.1, -0.05) is 30.3 Å². The Bertz CT molecular complexity index is 871. The average Bonchev–Trinajstić information content (AvgIpc) is 3.07. The molecule has 5 heteroatoms. The molecule has 2 heterocycles. The lowest BCUT2D eigenvalue weighted by Gasteiger charge is -2.16. The van der Waals surface area contributed by atoms with E-state index in [4.69, 9.17) is 4.74 Å². The van der Waals surface area contributed by atoms with E-state index in [9.17, 15) is 0 Å². The lowest BCUT2D eigenvalue weighted by molar-refractivity contribution is 0.336. The Morgan fingerprint density at radius 1 is 1.08 bits per heavy atom. The number of ether oxygens (including phenoxy) is 1. The van der Waals surface area contributed by atoms with Crippen molar-refractivity contribution in [3.8, 4) is 5.75 Å². The van der Waals surface area contributed by atoms with Crippen LogP contribution in [0, 0.1) is 0 Å². The maximum absolute atomic E-state index is 5.85. The predicted octanol–water partition coefficient (Wildman–Crippen LogP) is 3.46. The van der Waals surface area contributed by atoms with Crippen LogP contribution in [0.1, 0.15) is 37.0 Å². The summed E-state index contributed by atoms with van der Waals surface area (Å²) in [6, 6.07) is 12.6. The van der Waals surface area contributed by atoms with Gasteiger partial charge in [-0.15, -0.1) is 10.2 Å². The van der Waals surface area contributed by atoms with Crippen LogP contribution in [0.15, 0.2) is 36.4 Å². The van der Waals surface area contributed by atoms with Crippen molar-refractivity contribution in [1.29, 1.82) is 0 Å². The van der Waals surface area contributed by atoms with E-state index in [0.29, 0.717) is 6.61 Å². The van der Waals surface area contributed by atoms with Crippen molar-refractivity contribution in [3.63, 3.8) is 0 Å². The van der Waals surface area contributed by atoms with E-state index in [1.54, 1.807) is 0 Å². The second-order valence-electron chi connectivity index (χ2n) is 6.44. The number of nitrogens with one attached hydrogen (secondary N) is 1. The van der Waals surface area contributed by atoms with Crippen LogP contribution in [0.4, 0.5) is 0 Å². The van der Waals surface area contributed by atoms with E-state index >= 15 is 0 Å². The minimum absolute atomic E-state index is 0.670. The number of rotatable bonds is 6. The topological polar surface area (TPSA) is 52.0 Å². The highest BCUT2D eigenvalue weighted by Crippen LogP contribution is 2.28. The van der Waals surface area contributed by atoms with Gasteiger partial charge in [0, 0.05) is 25.1 Å². The molecule has 5 nitrogen and oxygen atoms in total. The summed E-state index contributed by atoms with van der Waals surface area (Å²) in [5.41, 5.74) is 1.21. The van der Waals surface area contributed by atoms with Gasteiger partial charge in [0.25, 0.3) is 0 Å². The summed E-state index contributed by atoms with van der Waals surface area (Å²) in [7, 11) is 0. The third-order valence-corrected chi connectivity index (χ3v) is 4.82. The van der Waals surface area contributed by atoms with Crippen LogP contribution in [0.25, 0.3) is 10.8 Å². The van der Waals surface area contributed by atoms with E-state index in [2.05, 4.69) is 56.5 Å². The van der Waals surface area contributed by atoms with Crippen molar-refractivity contribution in [3.05, 3.63) is 53.6 Å². The molecule has 1 aromatic heterocycles. The summed E-state index contributed by atoms with van der Waals surface area (Å²) in [6.45, 7) is 5.20. The molecule has 1 N–H and O–H groups in total. The van der Waals surface area contributed by atoms with Crippen LogP contribution in [-0.4, -0.2) is 21.4 Å². The second-order valence-corrected chi connectivity index (χ2v) is 6.44. The number of benzene rings is 2. The molecule has 2 aromatic carbocycles. The van der Waals surface area contributed by atoms with E-state index in [1.165, 1.54) is 29.2 Å². The molecule has 0 fully saturated rings. The van der Waals surface area contributed by atoms with Crippen molar-refractivity contribution < 1.29 is 4.74 Å². The SMILES string of the molecule is CCOc1ccc2ccccc2c1CNCc1nnc2n1CCCC2. The standard InChI is InChI=1S/C20H24N4O/c1-2-25-18-11-10-15-7-3-4-8-16(15)17(18)13-21-14-20-23-22-19-9-5-6-12-24(19)20/h3-4,7-8,10-11,21H,2,5-6,9,12-14H2,1H3. The van der Waals surface area contributed by atoms with Gasteiger partial charge in [0.05, 0.1) is 13.2 Å². The Morgan fingerprint density at radius 3 is 2.92 bits per heavy atom. The molecule has 1 aliphatic heterocycles. The Balaban J connectivity index is 1.54. The number of hydrogen-bond acceptors (Lipinski definition) is 4. The fraction of sp³-hybridized carbons (Fsp3) is 0.400. The molecule has 0 amide bonds. The number of fused-ring (bicyclic) bond motifs is 2. The first-order chi connectivity index (χ1) is 12.4. The Kier molecular flexibility index (Phi) is 4.65. The monoisotopic (exact) mass is 336 g/mol. The number of aryl methyl sites for hydroxylation is 1. The summed E-state index contributed by atoms with van der Waals surface area (Å²) in [5.74, 6) is 3.12. The molecule has 0 unspecified atom stereocenters. The zero-order valence-electron chi connectivity index (χ0n) is 14.7. The molecule has 0 atom stereocenters. The summed E-state index contributed by atoms with van der Waals surface area (Å²) < 4.78 is 8.12. The van der Waals surface area contributed by atoms with Gasteiger partial charge in [-0.25, -0.2) is 0 Å². The second kappa shape index (κ2) is 7.23. The fourth-order valence-electron chi connectivity index (χ4n) is 3.59. The zero-order chi connectivity index (χ0) is 17.1. The highest BCUT2D eigenvalue weighted by molar-refractivity contribution is 5.87. The maximum Gasteiger partial charge on any atom is 0.147 e. The van der Waals surface area contributed by atoms with Gasteiger partial charge in [0.2, 0.25) is 0 Å². The first kappa shape index (κ1) is 16.1. The van der Waals surface area contributed by atoms with E-state index in [1.807, 2.05) is 6.92 Å². The molecule has 130 valence electrons.